The van der Waals surface area contributed by atoms with Gasteiger partial charge in [0, 0.05) is 13.0 Å². The quantitative estimate of drug-likeness (QED) is 0.158. The number of amides is 4. The van der Waals surface area contributed by atoms with Gasteiger partial charge in [0.2, 0.25) is 33.6 Å². The van der Waals surface area contributed by atoms with Gasteiger partial charge in [-0.2, -0.15) is 0 Å². The number of aromatic nitrogens is 1. The summed E-state index contributed by atoms with van der Waals surface area (Å²) in [6, 6.07) is 8.99. The molecule has 1 aliphatic heterocycles. The van der Waals surface area contributed by atoms with Crippen molar-refractivity contribution in [1.29, 1.82) is 0 Å². The fraction of sp³-hybridized carbons (Fsp3) is 0.375. The SMILES string of the molecule is Cc1cc(S(=O)(=O)NCC(=O)N[C@H]2CCCCNC(=O)[C@H]([C@@H](C)O)NC(=O)c3coc(n3)[C@H](Cc3ccccc3)NC2=O)ccc1F.O=CO. The van der Waals surface area contributed by atoms with E-state index in [2.05, 4.69) is 31.0 Å². The second kappa shape index (κ2) is 18.5. The van der Waals surface area contributed by atoms with Crippen molar-refractivity contribution >= 4 is 40.1 Å². The smallest absolute Gasteiger partial charge is 0.290 e. The molecule has 4 amide bonds. The normalized spacial score (nSPS) is 19.4. The highest BCUT2D eigenvalue weighted by atomic mass is 32.2. The highest BCUT2D eigenvalue weighted by Gasteiger charge is 2.30. The molecule has 0 unspecified atom stereocenters. The van der Waals surface area contributed by atoms with E-state index in [1.165, 1.54) is 13.8 Å². The van der Waals surface area contributed by atoms with E-state index in [1.807, 2.05) is 18.2 Å². The minimum atomic E-state index is -4.17. The van der Waals surface area contributed by atoms with Crippen molar-refractivity contribution in [2.75, 3.05) is 13.1 Å². The zero-order valence-corrected chi connectivity index (χ0v) is 28.0. The van der Waals surface area contributed by atoms with Crippen molar-refractivity contribution in [2.24, 2.45) is 0 Å². The number of aliphatic hydroxyl groups is 1. The maximum atomic E-state index is 13.6. The number of hydrogen-bond donors (Lipinski definition) is 7. The fourth-order valence-corrected chi connectivity index (χ4v) is 5.90. The summed E-state index contributed by atoms with van der Waals surface area (Å²) in [6.07, 6.45) is 0.873. The van der Waals surface area contributed by atoms with Gasteiger partial charge < -0.3 is 35.9 Å². The second-order valence-corrected chi connectivity index (χ2v) is 13.0. The summed E-state index contributed by atoms with van der Waals surface area (Å²) in [5.74, 6) is -3.43. The largest absolute Gasteiger partial charge is 0.483 e. The van der Waals surface area contributed by atoms with E-state index >= 15 is 0 Å². The van der Waals surface area contributed by atoms with Crippen LogP contribution in [-0.2, 0) is 35.6 Å². The summed E-state index contributed by atoms with van der Waals surface area (Å²) in [4.78, 5) is 64.6. The number of carboxylic acid groups (broad SMARTS) is 1. The van der Waals surface area contributed by atoms with Crippen molar-refractivity contribution in [3.05, 3.63) is 83.3 Å². The van der Waals surface area contributed by atoms with Crippen molar-refractivity contribution in [3.8, 4) is 0 Å². The molecule has 1 aromatic heterocycles. The Bertz CT molecular complexity index is 1750. The van der Waals surface area contributed by atoms with Gasteiger partial charge in [0.05, 0.1) is 17.5 Å². The van der Waals surface area contributed by atoms with E-state index in [4.69, 9.17) is 14.3 Å². The number of aliphatic hydroxyl groups excluding tert-OH is 1. The van der Waals surface area contributed by atoms with Gasteiger partial charge in [-0.05, 0) is 62.4 Å². The second-order valence-electron chi connectivity index (χ2n) is 11.3. The van der Waals surface area contributed by atoms with Crippen LogP contribution in [0.2, 0.25) is 0 Å². The number of carbonyl (C=O) groups excluding carboxylic acids is 4. The van der Waals surface area contributed by atoms with Crippen molar-refractivity contribution in [3.63, 3.8) is 0 Å². The summed E-state index contributed by atoms with van der Waals surface area (Å²) in [6.45, 7) is 1.95. The Morgan fingerprint density at radius 1 is 1.12 bits per heavy atom. The first-order valence-corrected chi connectivity index (χ1v) is 16.9. The minimum Gasteiger partial charge on any atom is -0.483 e. The van der Waals surface area contributed by atoms with Crippen LogP contribution in [0.3, 0.4) is 0 Å². The number of aryl methyl sites for hydroxylation is 1. The molecule has 270 valence electrons. The van der Waals surface area contributed by atoms with Crippen LogP contribution in [0.25, 0.3) is 0 Å². The molecule has 0 fully saturated rings. The minimum absolute atomic E-state index is 0.0232. The van der Waals surface area contributed by atoms with E-state index in [-0.39, 0.29) is 47.9 Å². The Balaban J connectivity index is 0.00000217. The molecule has 2 heterocycles. The molecular formula is C32H39FN6O10S. The average molecular weight is 719 g/mol. The highest BCUT2D eigenvalue weighted by Crippen LogP contribution is 2.20. The molecule has 2 bridgehead atoms. The van der Waals surface area contributed by atoms with Crippen LogP contribution in [0.1, 0.15) is 59.7 Å². The first kappa shape index (κ1) is 39.2. The van der Waals surface area contributed by atoms with Gasteiger partial charge in [-0.3, -0.25) is 24.0 Å². The van der Waals surface area contributed by atoms with E-state index in [0.717, 1.165) is 30.0 Å². The molecule has 0 aliphatic carbocycles. The maximum Gasteiger partial charge on any atom is 0.290 e. The highest BCUT2D eigenvalue weighted by molar-refractivity contribution is 7.89. The molecule has 4 rings (SSSR count). The number of sulfonamides is 1. The Morgan fingerprint density at radius 2 is 1.82 bits per heavy atom. The number of hydrogen-bond acceptors (Lipinski definition) is 10. The van der Waals surface area contributed by atoms with Crippen LogP contribution in [0.4, 0.5) is 4.39 Å². The van der Waals surface area contributed by atoms with Crippen LogP contribution < -0.4 is 26.0 Å². The molecule has 0 radical (unpaired) electrons. The van der Waals surface area contributed by atoms with Gasteiger partial charge in [0.1, 0.15) is 30.2 Å². The van der Waals surface area contributed by atoms with E-state index in [9.17, 15) is 37.1 Å². The predicted octanol–water partition coefficient (Wildman–Crippen LogP) is 0.466. The number of nitrogens with zero attached hydrogens (tertiary/aromatic N) is 1. The summed E-state index contributed by atoms with van der Waals surface area (Å²) < 4.78 is 46.8. The maximum absolute atomic E-state index is 13.6. The number of nitrogens with one attached hydrogen (secondary N) is 5. The molecule has 0 saturated carbocycles. The standard InChI is InChI=1S/C31H37FN6O8S.CH2O2/c1-18-14-21(11-12-22(18)32)47(44,45)34-16-26(40)35-23-10-6-7-13-33-30(43)27(19(2)39)38-29(42)25-17-46-31(37-25)24(36-28(23)41)15-20-8-4-3-5-9-20;2-1-3/h3-5,8-9,11-12,14,17,19,23-24,27,34,39H,6-7,10,13,15-16H2,1-2H3,(H,33,43)(H,35,40)(H,36,41)(H,38,42);1H,(H,2,3)/t19-,23+,24+,27+;/m1./s1. The van der Waals surface area contributed by atoms with Gasteiger partial charge in [-0.1, -0.05) is 30.3 Å². The third-order valence-electron chi connectivity index (χ3n) is 7.44. The van der Waals surface area contributed by atoms with Gasteiger partial charge in [0.15, 0.2) is 5.69 Å². The lowest BCUT2D eigenvalue weighted by atomic mass is 10.0. The molecule has 1 aliphatic rings. The van der Waals surface area contributed by atoms with Gasteiger partial charge in [-0.25, -0.2) is 22.5 Å². The molecule has 50 heavy (non-hydrogen) atoms. The molecule has 2 aromatic carbocycles. The summed E-state index contributed by atoms with van der Waals surface area (Å²) >= 11 is 0. The Kier molecular flexibility index (Phi) is 14.5. The fourth-order valence-electron chi connectivity index (χ4n) is 4.83. The van der Waals surface area contributed by atoms with Crippen LogP contribution in [0.15, 0.2) is 64.1 Å². The number of rotatable bonds is 8. The van der Waals surface area contributed by atoms with Crippen LogP contribution in [0, 0.1) is 12.7 Å². The van der Waals surface area contributed by atoms with E-state index < -0.39 is 70.2 Å². The number of halogens is 1. The topological polar surface area (TPSA) is 246 Å². The van der Waals surface area contributed by atoms with Gasteiger partial charge >= 0.3 is 0 Å². The summed E-state index contributed by atoms with van der Waals surface area (Å²) in [7, 11) is -4.17. The van der Waals surface area contributed by atoms with E-state index in [0.29, 0.717) is 12.8 Å². The molecule has 0 spiro atoms. The molecule has 3 aromatic rings. The Labute approximate surface area is 287 Å². The lowest BCUT2D eigenvalue weighted by Crippen LogP contribution is -2.52. The van der Waals surface area contributed by atoms with Crippen molar-refractivity contribution in [2.45, 2.75) is 68.7 Å². The molecule has 4 atom stereocenters. The predicted molar refractivity (Wildman–Crippen MR) is 174 cm³/mol. The summed E-state index contributed by atoms with van der Waals surface area (Å²) in [5, 5.41) is 27.5. The monoisotopic (exact) mass is 718 g/mol. The first-order chi connectivity index (χ1) is 23.7. The zero-order valence-electron chi connectivity index (χ0n) is 27.2. The Morgan fingerprint density at radius 3 is 2.48 bits per heavy atom. The number of benzene rings is 2. The van der Waals surface area contributed by atoms with Crippen molar-refractivity contribution in [1.82, 2.24) is 31.0 Å². The van der Waals surface area contributed by atoms with Crippen LogP contribution in [0.5, 0.6) is 0 Å². The Hall–Kier alpha value is -5.20. The molecule has 0 saturated heterocycles. The van der Waals surface area contributed by atoms with Gasteiger partial charge in [-0.15, -0.1) is 0 Å². The van der Waals surface area contributed by atoms with Gasteiger partial charge in [0.25, 0.3) is 12.4 Å². The number of oxazole rings is 1. The molecular weight excluding hydrogens is 679 g/mol. The lowest BCUT2D eigenvalue weighted by Gasteiger charge is -2.23. The average Bonchev–Trinajstić information content (AvgIpc) is 3.57. The van der Waals surface area contributed by atoms with E-state index in [1.54, 1.807) is 12.1 Å². The number of carbonyl (C=O) groups is 5. The third-order valence-corrected chi connectivity index (χ3v) is 8.84. The lowest BCUT2D eigenvalue weighted by molar-refractivity contribution is -0.129. The number of fused-ring (bicyclic) bond motifs is 2. The first-order valence-electron chi connectivity index (χ1n) is 15.4. The summed E-state index contributed by atoms with van der Waals surface area (Å²) in [5.41, 5.74) is 0.723. The third kappa shape index (κ3) is 11.5. The van der Waals surface area contributed by atoms with Crippen LogP contribution in [-0.4, -0.2) is 85.0 Å². The molecule has 7 N–H and O–H groups in total. The van der Waals surface area contributed by atoms with Crippen LogP contribution >= 0.6 is 0 Å². The molecule has 18 heteroatoms. The van der Waals surface area contributed by atoms with Crippen molar-refractivity contribution < 1.29 is 51.4 Å². The zero-order chi connectivity index (χ0) is 36.8. The molecule has 16 nitrogen and oxygen atoms in total.